The maximum Gasteiger partial charge on any atom is 0.339 e. The number of hydrogen-bond donors (Lipinski definition) is 1. The highest BCUT2D eigenvalue weighted by Crippen LogP contribution is 2.33. The molecule has 0 atom stereocenters. The lowest BCUT2D eigenvalue weighted by atomic mass is 10.2. The number of methoxy groups -OCH3 is 1. The van der Waals surface area contributed by atoms with Gasteiger partial charge in [-0.15, -0.1) is 0 Å². The molecule has 7 nitrogen and oxygen atoms in total. The summed E-state index contributed by atoms with van der Waals surface area (Å²) in [5.74, 6) is -1.72. The second kappa shape index (κ2) is 6.93. The van der Waals surface area contributed by atoms with Crippen LogP contribution in [-0.4, -0.2) is 29.1 Å². The van der Waals surface area contributed by atoms with Gasteiger partial charge in [0.1, 0.15) is 0 Å². The molecule has 0 aromatic heterocycles. The first-order chi connectivity index (χ1) is 10.9. The summed E-state index contributed by atoms with van der Waals surface area (Å²) >= 11 is 1.18. The van der Waals surface area contributed by atoms with Gasteiger partial charge in [0.15, 0.2) is 0 Å². The average molecular weight is 333 g/mol. The van der Waals surface area contributed by atoms with E-state index in [0.717, 1.165) is 6.07 Å². The predicted molar refractivity (Wildman–Crippen MR) is 82.0 cm³/mol. The van der Waals surface area contributed by atoms with Gasteiger partial charge in [-0.05, 0) is 30.3 Å². The average Bonchev–Trinajstić information content (AvgIpc) is 2.54. The van der Waals surface area contributed by atoms with Crippen molar-refractivity contribution >= 4 is 29.4 Å². The SMILES string of the molecule is COC(=O)c1cc([N+](=O)[O-])ccc1Sc1ccc(C(=O)O)cc1. The van der Waals surface area contributed by atoms with Crippen LogP contribution in [0.15, 0.2) is 52.3 Å². The summed E-state index contributed by atoms with van der Waals surface area (Å²) in [7, 11) is 1.19. The molecule has 2 rings (SSSR count). The van der Waals surface area contributed by atoms with Crippen LogP contribution in [-0.2, 0) is 4.74 Å². The number of carbonyl (C=O) groups excluding carboxylic acids is 1. The molecule has 0 aliphatic heterocycles. The maximum absolute atomic E-state index is 11.8. The van der Waals surface area contributed by atoms with Crippen LogP contribution in [0.5, 0.6) is 0 Å². The number of benzene rings is 2. The summed E-state index contributed by atoms with van der Waals surface area (Å²) in [5.41, 5.74) is 0.0104. The van der Waals surface area contributed by atoms with Gasteiger partial charge in [0.25, 0.3) is 5.69 Å². The third-order valence-corrected chi connectivity index (χ3v) is 3.99. The molecule has 0 aliphatic carbocycles. The quantitative estimate of drug-likeness (QED) is 0.508. The highest BCUT2D eigenvalue weighted by molar-refractivity contribution is 7.99. The lowest BCUT2D eigenvalue weighted by Crippen LogP contribution is -2.04. The number of carbonyl (C=O) groups is 2. The summed E-state index contributed by atoms with van der Waals surface area (Å²) in [4.78, 5) is 34.0. The topological polar surface area (TPSA) is 107 Å². The van der Waals surface area contributed by atoms with Crippen LogP contribution < -0.4 is 0 Å². The smallest absolute Gasteiger partial charge is 0.339 e. The van der Waals surface area contributed by atoms with E-state index in [9.17, 15) is 19.7 Å². The van der Waals surface area contributed by atoms with E-state index in [4.69, 9.17) is 5.11 Å². The van der Waals surface area contributed by atoms with Crippen LogP contribution in [0.2, 0.25) is 0 Å². The standard InChI is InChI=1S/C15H11NO6S/c1-22-15(19)12-8-10(16(20)21)4-7-13(12)23-11-5-2-9(3-6-11)14(17)18/h2-8H,1H3,(H,17,18). The molecule has 0 unspecified atom stereocenters. The van der Waals surface area contributed by atoms with Gasteiger partial charge in [-0.1, -0.05) is 11.8 Å². The Hall–Kier alpha value is -2.87. The summed E-state index contributed by atoms with van der Waals surface area (Å²) in [6.45, 7) is 0. The Morgan fingerprint density at radius 1 is 1.17 bits per heavy atom. The Kier molecular flexibility index (Phi) is 4.97. The minimum Gasteiger partial charge on any atom is -0.478 e. The van der Waals surface area contributed by atoms with Crippen molar-refractivity contribution in [1.82, 2.24) is 0 Å². The Bertz CT molecular complexity index is 772. The van der Waals surface area contributed by atoms with E-state index >= 15 is 0 Å². The van der Waals surface area contributed by atoms with Crippen LogP contribution in [0.25, 0.3) is 0 Å². The van der Waals surface area contributed by atoms with Crippen LogP contribution in [0.4, 0.5) is 5.69 Å². The van der Waals surface area contributed by atoms with Gasteiger partial charge >= 0.3 is 11.9 Å². The lowest BCUT2D eigenvalue weighted by molar-refractivity contribution is -0.384. The van der Waals surface area contributed by atoms with E-state index < -0.39 is 16.9 Å². The molecule has 0 saturated heterocycles. The van der Waals surface area contributed by atoms with Gasteiger partial charge in [-0.3, -0.25) is 10.1 Å². The first kappa shape index (κ1) is 16.5. The van der Waals surface area contributed by atoms with Crippen molar-refractivity contribution in [2.75, 3.05) is 7.11 Å². The number of non-ortho nitro benzene ring substituents is 1. The monoisotopic (exact) mass is 333 g/mol. The molecular formula is C15H11NO6S. The van der Waals surface area contributed by atoms with E-state index in [1.807, 2.05) is 0 Å². The van der Waals surface area contributed by atoms with Crippen LogP contribution in [0.3, 0.4) is 0 Å². The zero-order chi connectivity index (χ0) is 17.0. The Morgan fingerprint density at radius 2 is 1.83 bits per heavy atom. The number of carboxylic acid groups (broad SMARTS) is 1. The number of nitro benzene ring substituents is 1. The van der Waals surface area contributed by atoms with E-state index in [1.165, 1.54) is 43.1 Å². The van der Waals surface area contributed by atoms with Gasteiger partial charge in [0.05, 0.1) is 23.2 Å². The number of nitro groups is 1. The second-order valence-electron chi connectivity index (χ2n) is 4.36. The minimum atomic E-state index is -1.04. The van der Waals surface area contributed by atoms with Crippen LogP contribution in [0, 0.1) is 10.1 Å². The van der Waals surface area contributed by atoms with Crippen molar-refractivity contribution in [3.05, 3.63) is 63.7 Å². The zero-order valence-electron chi connectivity index (χ0n) is 11.9. The molecule has 0 saturated carbocycles. The molecule has 23 heavy (non-hydrogen) atoms. The molecule has 0 spiro atoms. The molecule has 8 heteroatoms. The summed E-state index contributed by atoms with van der Waals surface area (Å²) < 4.78 is 4.65. The summed E-state index contributed by atoms with van der Waals surface area (Å²) in [6.07, 6.45) is 0. The Balaban J connectivity index is 2.36. The van der Waals surface area contributed by atoms with Gasteiger partial charge < -0.3 is 9.84 Å². The van der Waals surface area contributed by atoms with Crippen LogP contribution in [0.1, 0.15) is 20.7 Å². The Labute approximate surface area is 135 Å². The molecule has 0 amide bonds. The zero-order valence-corrected chi connectivity index (χ0v) is 12.7. The van der Waals surface area contributed by atoms with Crippen molar-refractivity contribution in [1.29, 1.82) is 0 Å². The predicted octanol–water partition coefficient (Wildman–Crippen LogP) is 3.23. The molecule has 0 fully saturated rings. The van der Waals surface area contributed by atoms with Crippen molar-refractivity contribution in [3.8, 4) is 0 Å². The highest BCUT2D eigenvalue weighted by Gasteiger charge is 2.18. The second-order valence-corrected chi connectivity index (χ2v) is 5.48. The molecule has 2 aromatic carbocycles. The number of carboxylic acids is 1. The molecule has 0 heterocycles. The number of nitrogens with zero attached hydrogens (tertiary/aromatic N) is 1. The third-order valence-electron chi connectivity index (χ3n) is 2.91. The van der Waals surface area contributed by atoms with Crippen LogP contribution >= 0.6 is 11.8 Å². The van der Waals surface area contributed by atoms with Crippen molar-refractivity contribution in [2.24, 2.45) is 0 Å². The maximum atomic E-state index is 11.8. The molecule has 0 aliphatic rings. The van der Waals surface area contributed by atoms with Crippen molar-refractivity contribution in [3.63, 3.8) is 0 Å². The number of hydrogen-bond acceptors (Lipinski definition) is 6. The van der Waals surface area contributed by atoms with Gasteiger partial charge in [-0.25, -0.2) is 9.59 Å². The number of ether oxygens (including phenoxy) is 1. The van der Waals surface area contributed by atoms with E-state index in [1.54, 1.807) is 12.1 Å². The fourth-order valence-corrected chi connectivity index (χ4v) is 2.70. The van der Waals surface area contributed by atoms with Gasteiger partial charge in [-0.2, -0.15) is 0 Å². The lowest BCUT2D eigenvalue weighted by Gasteiger charge is -2.08. The van der Waals surface area contributed by atoms with Crippen molar-refractivity contribution in [2.45, 2.75) is 9.79 Å². The van der Waals surface area contributed by atoms with Gasteiger partial charge in [0.2, 0.25) is 0 Å². The summed E-state index contributed by atoms with van der Waals surface area (Å²) in [6, 6.07) is 9.97. The fourth-order valence-electron chi connectivity index (χ4n) is 1.78. The molecule has 2 aromatic rings. The first-order valence-electron chi connectivity index (χ1n) is 6.30. The molecule has 0 radical (unpaired) electrons. The van der Waals surface area contributed by atoms with Gasteiger partial charge in [0, 0.05) is 21.9 Å². The number of aromatic carboxylic acids is 1. The first-order valence-corrected chi connectivity index (χ1v) is 7.12. The normalized spacial score (nSPS) is 10.1. The van der Waals surface area contributed by atoms with E-state index in [0.29, 0.717) is 9.79 Å². The Morgan fingerprint density at radius 3 is 2.35 bits per heavy atom. The van der Waals surface area contributed by atoms with E-state index in [-0.39, 0.29) is 16.8 Å². The minimum absolute atomic E-state index is 0.0778. The number of rotatable bonds is 5. The molecule has 0 bridgehead atoms. The number of esters is 1. The highest BCUT2D eigenvalue weighted by atomic mass is 32.2. The molecule has 1 N–H and O–H groups in total. The van der Waals surface area contributed by atoms with Crippen molar-refractivity contribution < 1.29 is 24.4 Å². The fraction of sp³-hybridized carbons (Fsp3) is 0.0667. The molecule has 118 valence electrons. The largest absolute Gasteiger partial charge is 0.478 e. The third kappa shape index (κ3) is 3.86. The van der Waals surface area contributed by atoms with E-state index in [2.05, 4.69) is 4.74 Å². The molecular weight excluding hydrogens is 322 g/mol. The summed E-state index contributed by atoms with van der Waals surface area (Å²) in [5, 5.41) is 19.7.